The Morgan fingerprint density at radius 3 is 2.43 bits per heavy atom. The zero-order chi connectivity index (χ0) is 20.3. The van der Waals surface area contributed by atoms with E-state index in [4.69, 9.17) is 28.5 Å². The molecule has 1 fully saturated rings. The molecular formula is C21H28ClN5O. The first-order chi connectivity index (χ1) is 13.5. The van der Waals surface area contributed by atoms with Gasteiger partial charge in [-0.15, -0.1) is 6.58 Å². The van der Waals surface area contributed by atoms with E-state index in [-0.39, 0.29) is 24.3 Å². The fraction of sp³-hybridized carbons (Fsp3) is 0.429. The number of carbonyl (C=O) groups is 1. The van der Waals surface area contributed by atoms with Gasteiger partial charge in [-0.3, -0.25) is 10.2 Å². The molecule has 1 heterocycles. The molecule has 1 saturated heterocycles. The van der Waals surface area contributed by atoms with Crippen molar-refractivity contribution >= 4 is 23.3 Å². The molecule has 28 heavy (non-hydrogen) atoms. The lowest BCUT2D eigenvalue weighted by atomic mass is 9.97. The van der Waals surface area contributed by atoms with Gasteiger partial charge in [-0.25, -0.2) is 0 Å². The molecule has 0 radical (unpaired) electrons. The third-order valence-electron chi connectivity index (χ3n) is 5.69. The first kappa shape index (κ1) is 20.4. The van der Waals surface area contributed by atoms with Gasteiger partial charge in [0.25, 0.3) is 0 Å². The minimum atomic E-state index is -0.374. The van der Waals surface area contributed by atoms with E-state index in [1.807, 2.05) is 28.0 Å². The highest BCUT2D eigenvalue weighted by atomic mass is 35.5. The van der Waals surface area contributed by atoms with E-state index < -0.39 is 0 Å². The molecule has 0 bridgehead atoms. The third kappa shape index (κ3) is 4.08. The molecule has 0 unspecified atom stereocenters. The Hall–Kier alpha value is -2.31. The van der Waals surface area contributed by atoms with Gasteiger partial charge in [0.2, 0.25) is 5.91 Å². The normalized spacial score (nSPS) is 21.0. The SMILES string of the molecule is C=C[C@H]1CCC(N)=C1C(=N)N1CCN(C(=O)[C@H](CN)c2ccc(Cl)cc2)CC1. The Balaban J connectivity index is 1.63. The number of hydrogen-bond donors (Lipinski definition) is 3. The number of nitrogens with one attached hydrogen (secondary N) is 1. The summed E-state index contributed by atoms with van der Waals surface area (Å²) in [7, 11) is 0. The van der Waals surface area contributed by atoms with Gasteiger partial charge in [0.1, 0.15) is 5.84 Å². The van der Waals surface area contributed by atoms with Crippen LogP contribution in [0.1, 0.15) is 24.3 Å². The van der Waals surface area contributed by atoms with Crippen molar-refractivity contribution in [3.05, 3.63) is 58.8 Å². The molecule has 3 rings (SSSR count). The topological polar surface area (TPSA) is 99.4 Å². The summed E-state index contributed by atoms with van der Waals surface area (Å²) >= 11 is 5.95. The summed E-state index contributed by atoms with van der Waals surface area (Å²) in [6, 6.07) is 7.27. The zero-order valence-electron chi connectivity index (χ0n) is 16.0. The summed E-state index contributed by atoms with van der Waals surface area (Å²) in [6.07, 6.45) is 3.61. The minimum Gasteiger partial charge on any atom is -0.402 e. The molecule has 1 aromatic carbocycles. The second-order valence-electron chi connectivity index (χ2n) is 7.32. The van der Waals surface area contributed by atoms with Gasteiger partial charge in [0, 0.05) is 54.9 Å². The van der Waals surface area contributed by atoms with Crippen LogP contribution in [0.25, 0.3) is 0 Å². The van der Waals surface area contributed by atoms with Crippen LogP contribution in [-0.4, -0.2) is 54.3 Å². The van der Waals surface area contributed by atoms with Gasteiger partial charge < -0.3 is 21.3 Å². The number of nitrogens with two attached hydrogens (primary N) is 2. The van der Waals surface area contributed by atoms with Gasteiger partial charge in [0.05, 0.1) is 5.92 Å². The Labute approximate surface area is 171 Å². The summed E-state index contributed by atoms with van der Waals surface area (Å²) in [5.74, 6) is 0.278. The van der Waals surface area contributed by atoms with Crippen LogP contribution in [0.2, 0.25) is 5.02 Å². The van der Waals surface area contributed by atoms with Crippen molar-refractivity contribution in [2.75, 3.05) is 32.7 Å². The number of allylic oxidation sites excluding steroid dienone is 2. The highest BCUT2D eigenvalue weighted by Gasteiger charge is 2.32. The van der Waals surface area contributed by atoms with E-state index >= 15 is 0 Å². The number of halogens is 1. The van der Waals surface area contributed by atoms with Crippen molar-refractivity contribution in [3.8, 4) is 0 Å². The smallest absolute Gasteiger partial charge is 0.231 e. The minimum absolute atomic E-state index is 0.0274. The number of nitrogens with zero attached hydrogens (tertiary/aromatic N) is 2. The predicted molar refractivity (Wildman–Crippen MR) is 113 cm³/mol. The van der Waals surface area contributed by atoms with Crippen molar-refractivity contribution < 1.29 is 4.79 Å². The molecule has 1 aliphatic heterocycles. The van der Waals surface area contributed by atoms with Crippen LogP contribution < -0.4 is 11.5 Å². The highest BCUT2D eigenvalue weighted by Crippen LogP contribution is 2.32. The fourth-order valence-corrected chi connectivity index (χ4v) is 4.13. The van der Waals surface area contributed by atoms with Crippen molar-refractivity contribution in [1.29, 1.82) is 5.41 Å². The first-order valence-corrected chi connectivity index (χ1v) is 10.0. The van der Waals surface area contributed by atoms with E-state index in [9.17, 15) is 4.79 Å². The Morgan fingerprint density at radius 2 is 1.86 bits per heavy atom. The van der Waals surface area contributed by atoms with E-state index in [1.54, 1.807) is 12.1 Å². The largest absolute Gasteiger partial charge is 0.402 e. The standard InChI is InChI=1S/C21H28ClN5O/c1-2-14-5-8-18(24)19(14)20(25)26-9-11-27(12-10-26)21(28)17(13-23)15-3-6-16(22)7-4-15/h2-4,6-7,14,17,25H,1,5,8-13,23-24H2/t14-,17+/m0/s1. The van der Waals surface area contributed by atoms with E-state index in [0.717, 1.165) is 29.7 Å². The average Bonchev–Trinajstić information content (AvgIpc) is 3.10. The van der Waals surface area contributed by atoms with Gasteiger partial charge in [-0.05, 0) is 30.5 Å². The predicted octanol–water partition coefficient (Wildman–Crippen LogP) is 2.31. The average molecular weight is 402 g/mol. The molecule has 0 saturated carbocycles. The summed E-state index contributed by atoms with van der Waals surface area (Å²) in [4.78, 5) is 16.8. The number of carbonyl (C=O) groups excluding carboxylic acids is 1. The molecule has 1 aromatic rings. The summed E-state index contributed by atoms with van der Waals surface area (Å²) in [6.45, 7) is 6.49. The van der Waals surface area contributed by atoms with Crippen LogP contribution in [0.4, 0.5) is 0 Å². The van der Waals surface area contributed by atoms with Gasteiger partial charge in [-0.2, -0.15) is 0 Å². The molecule has 6 nitrogen and oxygen atoms in total. The number of amides is 1. The number of benzene rings is 1. The quantitative estimate of drug-likeness (QED) is 0.400. The molecule has 5 N–H and O–H groups in total. The second-order valence-corrected chi connectivity index (χ2v) is 7.76. The van der Waals surface area contributed by atoms with Crippen LogP contribution >= 0.6 is 11.6 Å². The molecule has 0 spiro atoms. The lowest BCUT2D eigenvalue weighted by Gasteiger charge is -2.38. The Kier molecular flexibility index (Phi) is 6.42. The van der Waals surface area contributed by atoms with Crippen molar-refractivity contribution in [3.63, 3.8) is 0 Å². The molecule has 2 aliphatic rings. The number of piperazine rings is 1. The Morgan fingerprint density at radius 1 is 1.25 bits per heavy atom. The second kappa shape index (κ2) is 8.80. The molecule has 150 valence electrons. The first-order valence-electron chi connectivity index (χ1n) is 9.65. The van der Waals surface area contributed by atoms with Gasteiger partial charge >= 0.3 is 0 Å². The summed E-state index contributed by atoms with van der Waals surface area (Å²) < 4.78 is 0. The van der Waals surface area contributed by atoms with Crippen LogP contribution in [-0.2, 0) is 4.79 Å². The van der Waals surface area contributed by atoms with Crippen LogP contribution in [0.15, 0.2) is 48.2 Å². The lowest BCUT2D eigenvalue weighted by Crippen LogP contribution is -2.52. The molecule has 0 aromatic heterocycles. The van der Waals surface area contributed by atoms with Crippen molar-refractivity contribution in [1.82, 2.24) is 9.80 Å². The van der Waals surface area contributed by atoms with Gasteiger partial charge in [0.15, 0.2) is 0 Å². The lowest BCUT2D eigenvalue weighted by molar-refractivity contribution is -0.133. The van der Waals surface area contributed by atoms with E-state index in [0.29, 0.717) is 37.0 Å². The maximum Gasteiger partial charge on any atom is 0.231 e. The highest BCUT2D eigenvalue weighted by molar-refractivity contribution is 6.30. The van der Waals surface area contributed by atoms with E-state index in [1.165, 1.54) is 0 Å². The van der Waals surface area contributed by atoms with Crippen LogP contribution in [0, 0.1) is 11.3 Å². The molecule has 1 aliphatic carbocycles. The summed E-state index contributed by atoms with van der Waals surface area (Å²) in [5.41, 5.74) is 14.6. The maximum absolute atomic E-state index is 13.0. The van der Waals surface area contributed by atoms with Crippen LogP contribution in [0.5, 0.6) is 0 Å². The maximum atomic E-state index is 13.0. The third-order valence-corrected chi connectivity index (χ3v) is 5.95. The van der Waals surface area contributed by atoms with Gasteiger partial charge in [-0.1, -0.05) is 29.8 Å². The molecular weight excluding hydrogens is 374 g/mol. The molecule has 7 heteroatoms. The molecule has 1 amide bonds. The van der Waals surface area contributed by atoms with E-state index in [2.05, 4.69) is 6.58 Å². The zero-order valence-corrected chi connectivity index (χ0v) is 16.8. The molecule has 2 atom stereocenters. The fourth-order valence-electron chi connectivity index (χ4n) is 4.01. The van der Waals surface area contributed by atoms with Crippen LogP contribution in [0.3, 0.4) is 0 Å². The summed E-state index contributed by atoms with van der Waals surface area (Å²) in [5, 5.41) is 9.23. The van der Waals surface area contributed by atoms with Crippen molar-refractivity contribution in [2.45, 2.75) is 18.8 Å². The Bertz CT molecular complexity index is 780. The number of hydrogen-bond acceptors (Lipinski definition) is 4. The van der Waals surface area contributed by atoms with Crippen molar-refractivity contribution in [2.24, 2.45) is 17.4 Å². The number of rotatable bonds is 5. The monoisotopic (exact) mass is 401 g/mol. The number of amidine groups is 1.